The second kappa shape index (κ2) is 6.15. The van der Waals surface area contributed by atoms with Crippen molar-refractivity contribution >= 4 is 0 Å². The van der Waals surface area contributed by atoms with E-state index in [-0.39, 0.29) is 5.92 Å². The molecular weight excluding hydrogens is 260 g/mol. The van der Waals surface area contributed by atoms with E-state index in [1.807, 2.05) is 36.4 Å². The van der Waals surface area contributed by atoms with Crippen LogP contribution < -0.4 is 4.74 Å². The predicted octanol–water partition coefficient (Wildman–Crippen LogP) is 4.04. The van der Waals surface area contributed by atoms with Gasteiger partial charge in [0.25, 0.3) is 0 Å². The Morgan fingerprint density at radius 3 is 2.67 bits per heavy atom. The summed E-state index contributed by atoms with van der Waals surface area (Å²) in [6, 6.07) is 16.2. The highest BCUT2D eigenvalue weighted by Gasteiger charge is 2.29. The maximum Gasteiger partial charge on any atom is 0.123 e. The molecule has 2 heteroatoms. The first-order valence-electron chi connectivity index (χ1n) is 7.39. The zero-order chi connectivity index (χ0) is 14.7. The molecule has 2 atom stereocenters. The number of rotatable bonds is 4. The molecule has 0 aromatic heterocycles. The Morgan fingerprint density at radius 2 is 1.86 bits per heavy atom. The van der Waals surface area contributed by atoms with Crippen LogP contribution in [0.3, 0.4) is 0 Å². The fraction of sp³-hybridized carbons (Fsp3) is 0.263. The van der Waals surface area contributed by atoms with Crippen molar-refractivity contribution < 1.29 is 9.84 Å². The molecule has 0 saturated heterocycles. The first-order valence-corrected chi connectivity index (χ1v) is 7.39. The summed E-state index contributed by atoms with van der Waals surface area (Å²) in [5.41, 5.74) is 3.38. The minimum Gasteiger partial charge on any atom is -0.489 e. The van der Waals surface area contributed by atoms with Gasteiger partial charge in [0, 0.05) is 11.5 Å². The van der Waals surface area contributed by atoms with Crippen LogP contribution in [-0.4, -0.2) is 11.2 Å². The van der Waals surface area contributed by atoms with E-state index in [1.54, 1.807) is 0 Å². The molecule has 1 aliphatic heterocycles. The Bertz CT molecular complexity index is 585. The molecule has 0 aliphatic carbocycles. The zero-order valence-electron chi connectivity index (χ0n) is 12.0. The number of aliphatic hydroxyl groups excluding tert-OH is 1. The maximum absolute atomic E-state index is 10.7. The van der Waals surface area contributed by atoms with Crippen molar-refractivity contribution in [3.8, 4) is 5.75 Å². The third-order valence-corrected chi connectivity index (χ3v) is 4.08. The number of fused-ring (bicyclic) bond motifs is 2. The fourth-order valence-electron chi connectivity index (χ4n) is 3.03. The first-order chi connectivity index (χ1) is 10.3. The second-order valence-corrected chi connectivity index (χ2v) is 5.44. The number of hydrogen-bond donors (Lipinski definition) is 1. The van der Waals surface area contributed by atoms with Gasteiger partial charge in [-0.2, -0.15) is 0 Å². The predicted molar refractivity (Wildman–Crippen MR) is 84.5 cm³/mol. The number of benzene rings is 2. The number of para-hydroxylation sites is 1. The highest BCUT2D eigenvalue weighted by molar-refractivity contribution is 5.47. The molecule has 1 N–H and O–H groups in total. The standard InChI is InChI=1S/C19H20O2/c1-2-3-11-17(20)19-15-9-5-4-8-14(15)13-21-18-12-7-6-10-16(18)19/h2,4-10,12,17,19-20H,1,3,11,13H2. The summed E-state index contributed by atoms with van der Waals surface area (Å²) in [5, 5.41) is 10.7. The molecule has 0 radical (unpaired) electrons. The van der Waals surface area contributed by atoms with Crippen molar-refractivity contribution in [2.24, 2.45) is 0 Å². The van der Waals surface area contributed by atoms with Gasteiger partial charge in [0.05, 0.1) is 6.10 Å². The molecule has 108 valence electrons. The SMILES string of the molecule is C=CCCC(O)C1c2ccccc2COc2ccccc21. The van der Waals surface area contributed by atoms with Crippen LogP contribution in [0.15, 0.2) is 61.2 Å². The average molecular weight is 280 g/mol. The molecule has 3 rings (SSSR count). The minimum atomic E-state index is -0.438. The van der Waals surface area contributed by atoms with Gasteiger partial charge in [0.15, 0.2) is 0 Å². The lowest BCUT2D eigenvalue weighted by molar-refractivity contribution is 0.147. The minimum absolute atomic E-state index is 0.0418. The van der Waals surface area contributed by atoms with Crippen LogP contribution >= 0.6 is 0 Å². The Balaban J connectivity index is 2.08. The molecule has 2 aromatic rings. The summed E-state index contributed by atoms with van der Waals surface area (Å²) < 4.78 is 5.93. The molecule has 0 fully saturated rings. The molecule has 0 amide bonds. The van der Waals surface area contributed by atoms with Gasteiger partial charge in [0.1, 0.15) is 12.4 Å². The number of aliphatic hydroxyl groups is 1. The lowest BCUT2D eigenvalue weighted by Gasteiger charge is -2.24. The molecule has 1 aliphatic rings. The summed E-state index contributed by atoms with van der Waals surface area (Å²) in [4.78, 5) is 0. The molecule has 21 heavy (non-hydrogen) atoms. The number of hydrogen-bond acceptors (Lipinski definition) is 2. The van der Waals surface area contributed by atoms with E-state index in [1.165, 1.54) is 5.56 Å². The number of allylic oxidation sites excluding steroid dienone is 1. The molecule has 2 unspecified atom stereocenters. The van der Waals surface area contributed by atoms with Crippen LogP contribution in [0.1, 0.15) is 35.4 Å². The van der Waals surface area contributed by atoms with Crippen LogP contribution in [0.25, 0.3) is 0 Å². The van der Waals surface area contributed by atoms with Crippen LogP contribution in [0.4, 0.5) is 0 Å². The van der Waals surface area contributed by atoms with E-state index >= 15 is 0 Å². The lowest BCUT2D eigenvalue weighted by atomic mass is 9.83. The van der Waals surface area contributed by atoms with E-state index in [2.05, 4.69) is 24.8 Å². The van der Waals surface area contributed by atoms with Crippen LogP contribution in [0.2, 0.25) is 0 Å². The van der Waals surface area contributed by atoms with Crippen molar-refractivity contribution in [2.45, 2.75) is 31.5 Å². The van der Waals surface area contributed by atoms with Gasteiger partial charge in [-0.3, -0.25) is 0 Å². The Hall–Kier alpha value is -2.06. The van der Waals surface area contributed by atoms with Gasteiger partial charge < -0.3 is 9.84 Å². The fourth-order valence-corrected chi connectivity index (χ4v) is 3.03. The van der Waals surface area contributed by atoms with Gasteiger partial charge in [-0.25, -0.2) is 0 Å². The molecular formula is C19H20O2. The van der Waals surface area contributed by atoms with Gasteiger partial charge >= 0.3 is 0 Å². The Morgan fingerprint density at radius 1 is 1.14 bits per heavy atom. The van der Waals surface area contributed by atoms with Crippen molar-refractivity contribution in [1.29, 1.82) is 0 Å². The first kappa shape index (κ1) is 13.9. The normalized spacial score (nSPS) is 17.9. The van der Waals surface area contributed by atoms with E-state index in [0.717, 1.165) is 23.3 Å². The summed E-state index contributed by atoms with van der Waals surface area (Å²) in [7, 11) is 0. The lowest BCUT2D eigenvalue weighted by Crippen LogP contribution is -2.20. The quantitative estimate of drug-likeness (QED) is 0.857. The summed E-state index contributed by atoms with van der Waals surface area (Å²) in [5.74, 6) is 0.830. The Kier molecular flexibility index (Phi) is 4.07. The molecule has 0 saturated carbocycles. The van der Waals surface area contributed by atoms with Crippen LogP contribution in [0, 0.1) is 0 Å². The highest BCUT2D eigenvalue weighted by atomic mass is 16.5. The zero-order valence-corrected chi connectivity index (χ0v) is 12.0. The van der Waals surface area contributed by atoms with Gasteiger partial charge in [-0.15, -0.1) is 6.58 Å². The van der Waals surface area contributed by atoms with Crippen LogP contribution in [0.5, 0.6) is 5.75 Å². The molecule has 0 spiro atoms. The monoisotopic (exact) mass is 280 g/mol. The third kappa shape index (κ3) is 2.72. The topological polar surface area (TPSA) is 29.5 Å². The van der Waals surface area contributed by atoms with Gasteiger partial charge in [-0.1, -0.05) is 48.5 Å². The summed E-state index contributed by atoms with van der Waals surface area (Å²) in [6.45, 7) is 4.30. The van der Waals surface area contributed by atoms with Crippen molar-refractivity contribution in [1.82, 2.24) is 0 Å². The van der Waals surface area contributed by atoms with E-state index in [9.17, 15) is 5.11 Å². The van der Waals surface area contributed by atoms with Crippen molar-refractivity contribution in [2.75, 3.05) is 0 Å². The third-order valence-electron chi connectivity index (χ3n) is 4.08. The molecule has 1 heterocycles. The Labute approximate surface area is 125 Å². The molecule has 0 bridgehead atoms. The van der Waals surface area contributed by atoms with Gasteiger partial charge in [-0.05, 0) is 30.0 Å². The largest absolute Gasteiger partial charge is 0.489 e. The molecule has 2 aromatic carbocycles. The summed E-state index contributed by atoms with van der Waals surface area (Å²) >= 11 is 0. The van der Waals surface area contributed by atoms with Crippen molar-refractivity contribution in [3.05, 3.63) is 77.9 Å². The van der Waals surface area contributed by atoms with E-state index < -0.39 is 6.10 Å². The average Bonchev–Trinajstić information content (AvgIpc) is 2.69. The summed E-state index contributed by atoms with van der Waals surface area (Å²) in [6.07, 6.45) is 2.93. The van der Waals surface area contributed by atoms with Crippen molar-refractivity contribution in [3.63, 3.8) is 0 Å². The molecule has 2 nitrogen and oxygen atoms in total. The van der Waals surface area contributed by atoms with E-state index in [0.29, 0.717) is 13.0 Å². The number of ether oxygens (including phenoxy) is 1. The second-order valence-electron chi connectivity index (χ2n) is 5.44. The highest BCUT2D eigenvalue weighted by Crippen LogP contribution is 2.40. The smallest absolute Gasteiger partial charge is 0.123 e. The van der Waals surface area contributed by atoms with E-state index in [4.69, 9.17) is 4.74 Å². The van der Waals surface area contributed by atoms with Gasteiger partial charge in [0.2, 0.25) is 0 Å². The maximum atomic E-state index is 10.7. The van der Waals surface area contributed by atoms with Crippen LogP contribution in [-0.2, 0) is 6.61 Å².